The van der Waals surface area contributed by atoms with Crippen molar-refractivity contribution in [2.45, 2.75) is 32.1 Å². The highest BCUT2D eigenvalue weighted by Gasteiger charge is 2.38. The number of carbonyl (C=O) groups excluding carboxylic acids is 1. The maximum Gasteiger partial charge on any atom is 0.490 e. The molecule has 0 saturated carbocycles. The first kappa shape index (κ1) is 28.4. The topological polar surface area (TPSA) is 108 Å². The first-order chi connectivity index (χ1) is 18.1. The van der Waals surface area contributed by atoms with Gasteiger partial charge in [0.25, 0.3) is 0 Å². The number of aliphatic carboxylic acids is 1. The quantitative estimate of drug-likeness (QED) is 0.471. The number of H-pyrrole nitrogens is 1. The van der Waals surface area contributed by atoms with Crippen LogP contribution in [-0.4, -0.2) is 65.3 Å². The minimum absolute atomic E-state index is 0.160. The number of imidazole rings is 1. The number of fused-ring (bicyclic) bond motifs is 1. The number of aryl methyl sites for hydroxylation is 1. The second-order valence-electron chi connectivity index (χ2n) is 8.43. The van der Waals surface area contributed by atoms with Crippen molar-refractivity contribution in [1.82, 2.24) is 14.9 Å². The average Bonchev–Trinajstić information content (AvgIpc) is 3.34. The lowest BCUT2D eigenvalue weighted by Crippen LogP contribution is -2.35. The molecule has 1 aliphatic rings. The number of ether oxygens (including phenoxy) is 2. The maximum absolute atomic E-state index is 13.1. The molecule has 2 heterocycles. The minimum Gasteiger partial charge on any atom is -0.493 e. The molecular formula is C26H29F3N4O5. The van der Waals surface area contributed by atoms with Crippen molar-refractivity contribution in [2.24, 2.45) is 0 Å². The summed E-state index contributed by atoms with van der Waals surface area (Å²) in [6.07, 6.45) is -0.421. The SMILES string of the molecule is COc1ccc(CCC(=O)N2CCN(Cc3cnc[nH]3)c3ccccc3C2)cc1OC.O=C(O)C(F)(F)F. The third kappa shape index (κ3) is 7.64. The van der Waals surface area contributed by atoms with Gasteiger partial charge in [-0.2, -0.15) is 13.2 Å². The predicted octanol–water partition coefficient (Wildman–Crippen LogP) is 4.04. The molecule has 12 heteroatoms. The number of hydrogen-bond acceptors (Lipinski definition) is 6. The van der Waals surface area contributed by atoms with E-state index in [2.05, 4.69) is 27.0 Å². The molecule has 0 bridgehead atoms. The molecule has 1 aliphatic heterocycles. The number of amides is 1. The lowest BCUT2D eigenvalue weighted by molar-refractivity contribution is -0.192. The summed E-state index contributed by atoms with van der Waals surface area (Å²) < 4.78 is 42.4. The zero-order valence-corrected chi connectivity index (χ0v) is 21.0. The summed E-state index contributed by atoms with van der Waals surface area (Å²) in [5.41, 5.74) is 4.45. The molecule has 38 heavy (non-hydrogen) atoms. The van der Waals surface area contributed by atoms with Gasteiger partial charge in [0.2, 0.25) is 5.91 Å². The smallest absolute Gasteiger partial charge is 0.490 e. The monoisotopic (exact) mass is 534 g/mol. The molecule has 2 aromatic carbocycles. The number of hydrogen-bond donors (Lipinski definition) is 2. The highest BCUT2D eigenvalue weighted by molar-refractivity contribution is 5.77. The van der Waals surface area contributed by atoms with Crippen molar-refractivity contribution in [1.29, 1.82) is 0 Å². The van der Waals surface area contributed by atoms with Crippen LogP contribution in [0.1, 0.15) is 23.2 Å². The molecule has 3 aromatic rings. The number of nitrogens with one attached hydrogen (secondary N) is 1. The summed E-state index contributed by atoms with van der Waals surface area (Å²) in [7, 11) is 3.24. The Bertz CT molecular complexity index is 1220. The molecule has 2 N–H and O–H groups in total. The number of carboxylic acid groups (broad SMARTS) is 1. The standard InChI is InChI=1S/C24H28N4O3.C2HF3O2/c1-30-22-9-7-18(13-23(22)31-2)8-10-24(29)28-12-11-27(16-20-14-25-17-26-20)21-6-4-3-5-19(21)15-28;3-2(4,5)1(6)7/h3-7,9,13-14,17H,8,10-12,15-16H2,1-2H3,(H,25,26);(H,6,7). The minimum atomic E-state index is -5.08. The number of carbonyl (C=O) groups is 2. The van der Waals surface area contributed by atoms with Gasteiger partial charge in [-0.1, -0.05) is 24.3 Å². The van der Waals surface area contributed by atoms with Crippen molar-refractivity contribution in [3.05, 3.63) is 71.8 Å². The second-order valence-corrected chi connectivity index (χ2v) is 8.43. The summed E-state index contributed by atoms with van der Waals surface area (Å²) in [5, 5.41) is 7.12. The highest BCUT2D eigenvalue weighted by Crippen LogP contribution is 2.29. The molecule has 0 saturated heterocycles. The van der Waals surface area contributed by atoms with E-state index in [9.17, 15) is 18.0 Å². The number of benzene rings is 2. The van der Waals surface area contributed by atoms with E-state index in [1.54, 1.807) is 20.5 Å². The number of anilines is 1. The van der Waals surface area contributed by atoms with Gasteiger partial charge >= 0.3 is 12.1 Å². The number of alkyl halides is 3. The molecule has 0 radical (unpaired) electrons. The van der Waals surface area contributed by atoms with Crippen molar-refractivity contribution in [2.75, 3.05) is 32.2 Å². The predicted molar refractivity (Wildman–Crippen MR) is 133 cm³/mol. The van der Waals surface area contributed by atoms with Gasteiger partial charge in [0, 0.05) is 37.9 Å². The van der Waals surface area contributed by atoms with E-state index < -0.39 is 12.1 Å². The van der Waals surface area contributed by atoms with Crippen LogP contribution in [-0.2, 0) is 29.1 Å². The Morgan fingerprint density at radius 3 is 2.42 bits per heavy atom. The number of aromatic nitrogens is 2. The number of aromatic amines is 1. The normalized spacial score (nSPS) is 13.1. The second kappa shape index (κ2) is 12.8. The lowest BCUT2D eigenvalue weighted by atomic mass is 10.1. The Morgan fingerprint density at radius 1 is 1.08 bits per heavy atom. The fraction of sp³-hybridized carbons (Fsp3) is 0.346. The third-order valence-corrected chi connectivity index (χ3v) is 5.92. The van der Waals surface area contributed by atoms with Crippen LogP contribution in [0.5, 0.6) is 11.5 Å². The van der Waals surface area contributed by atoms with Gasteiger partial charge < -0.3 is 29.4 Å². The molecule has 1 aromatic heterocycles. The number of methoxy groups -OCH3 is 2. The highest BCUT2D eigenvalue weighted by atomic mass is 19.4. The molecule has 0 aliphatic carbocycles. The van der Waals surface area contributed by atoms with Crippen LogP contribution in [0.25, 0.3) is 0 Å². The van der Waals surface area contributed by atoms with E-state index in [0.29, 0.717) is 37.4 Å². The van der Waals surface area contributed by atoms with E-state index in [1.807, 2.05) is 41.4 Å². The fourth-order valence-electron chi connectivity index (χ4n) is 4.00. The molecule has 0 unspecified atom stereocenters. The molecule has 0 atom stereocenters. The van der Waals surface area contributed by atoms with Crippen molar-refractivity contribution >= 4 is 17.6 Å². The largest absolute Gasteiger partial charge is 0.493 e. The van der Waals surface area contributed by atoms with E-state index >= 15 is 0 Å². The molecule has 204 valence electrons. The van der Waals surface area contributed by atoms with Crippen molar-refractivity contribution in [3.8, 4) is 11.5 Å². The molecule has 0 fully saturated rings. The van der Waals surface area contributed by atoms with Gasteiger partial charge in [0.1, 0.15) is 0 Å². The summed E-state index contributed by atoms with van der Waals surface area (Å²) in [6, 6.07) is 14.1. The zero-order chi connectivity index (χ0) is 27.7. The van der Waals surface area contributed by atoms with Gasteiger partial charge in [-0.05, 0) is 35.7 Å². The van der Waals surface area contributed by atoms with Gasteiger partial charge in [-0.3, -0.25) is 4.79 Å². The first-order valence-electron chi connectivity index (χ1n) is 11.7. The van der Waals surface area contributed by atoms with Gasteiger partial charge in [-0.15, -0.1) is 0 Å². The fourth-order valence-corrected chi connectivity index (χ4v) is 4.00. The number of para-hydroxylation sites is 1. The van der Waals surface area contributed by atoms with E-state index in [0.717, 1.165) is 24.3 Å². The number of halogens is 3. The Morgan fingerprint density at radius 2 is 1.79 bits per heavy atom. The van der Waals surface area contributed by atoms with Crippen LogP contribution in [0.15, 0.2) is 55.0 Å². The Kier molecular flexibility index (Phi) is 9.58. The van der Waals surface area contributed by atoms with Gasteiger partial charge in [-0.25, -0.2) is 9.78 Å². The van der Waals surface area contributed by atoms with Crippen molar-refractivity contribution < 1.29 is 37.3 Å². The van der Waals surface area contributed by atoms with Gasteiger partial charge in [0.05, 0.1) is 32.8 Å². The van der Waals surface area contributed by atoms with Crippen molar-refractivity contribution in [3.63, 3.8) is 0 Å². The van der Waals surface area contributed by atoms with Crippen LogP contribution in [0, 0.1) is 0 Å². The number of carboxylic acids is 1. The lowest BCUT2D eigenvalue weighted by Gasteiger charge is -2.24. The van der Waals surface area contributed by atoms with Crippen LogP contribution in [0.4, 0.5) is 18.9 Å². The summed E-state index contributed by atoms with van der Waals surface area (Å²) in [4.78, 5) is 33.5. The maximum atomic E-state index is 13.1. The van der Waals surface area contributed by atoms with Crippen LogP contribution in [0.3, 0.4) is 0 Å². The third-order valence-electron chi connectivity index (χ3n) is 5.92. The number of nitrogens with zero attached hydrogens (tertiary/aromatic N) is 3. The Labute approximate surface area is 217 Å². The van der Waals surface area contributed by atoms with Gasteiger partial charge in [0.15, 0.2) is 11.5 Å². The molecule has 0 spiro atoms. The first-order valence-corrected chi connectivity index (χ1v) is 11.7. The Balaban J connectivity index is 0.000000505. The summed E-state index contributed by atoms with van der Waals surface area (Å²) >= 11 is 0. The molecule has 9 nitrogen and oxygen atoms in total. The van der Waals surface area contributed by atoms with Crippen LogP contribution >= 0.6 is 0 Å². The van der Waals surface area contributed by atoms with E-state index in [-0.39, 0.29) is 5.91 Å². The molecular weight excluding hydrogens is 505 g/mol. The average molecular weight is 535 g/mol. The zero-order valence-electron chi connectivity index (χ0n) is 21.0. The number of rotatable bonds is 7. The van der Waals surface area contributed by atoms with Crippen LogP contribution in [0.2, 0.25) is 0 Å². The summed E-state index contributed by atoms with van der Waals surface area (Å²) in [6.45, 7) is 2.83. The summed E-state index contributed by atoms with van der Waals surface area (Å²) in [5.74, 6) is -1.22. The molecule has 1 amide bonds. The molecule has 4 rings (SSSR count). The van der Waals surface area contributed by atoms with E-state index in [1.165, 1.54) is 11.3 Å². The van der Waals surface area contributed by atoms with E-state index in [4.69, 9.17) is 19.4 Å². The van der Waals surface area contributed by atoms with Crippen LogP contribution < -0.4 is 14.4 Å². The Hall–Kier alpha value is -4.22.